The molecular formula is C18H15KN4O5S. The fourth-order valence-corrected chi connectivity index (χ4v) is 3.70. The first-order valence-electron chi connectivity index (χ1n) is 8.12. The van der Waals surface area contributed by atoms with E-state index in [0.717, 1.165) is 5.06 Å². The van der Waals surface area contributed by atoms with Crippen LogP contribution in [0.1, 0.15) is 6.99 Å². The number of hydrogen-bond donors (Lipinski definition) is 1. The summed E-state index contributed by atoms with van der Waals surface area (Å²) in [5, 5.41) is 22.5. The molecule has 9 nitrogen and oxygen atoms in total. The van der Waals surface area contributed by atoms with Crippen LogP contribution < -0.4 is 60.9 Å². The maximum atomic E-state index is 11.6. The van der Waals surface area contributed by atoms with Crippen molar-refractivity contribution in [2.24, 2.45) is 9.98 Å². The van der Waals surface area contributed by atoms with Crippen LogP contribution in [-0.2, 0) is 0 Å². The van der Waals surface area contributed by atoms with Crippen LogP contribution in [0.15, 0.2) is 64.3 Å². The van der Waals surface area contributed by atoms with Crippen molar-refractivity contribution in [1.29, 1.82) is 0 Å². The fraction of sp³-hybridized carbons (Fsp3) is 0.111. The minimum Gasteiger partial charge on any atom is -1.00 e. The van der Waals surface area contributed by atoms with E-state index in [1.165, 1.54) is 30.2 Å². The number of aliphatic imine (C=N–C) groups is 2. The minimum atomic E-state index is -0.504. The molecule has 0 saturated carbocycles. The van der Waals surface area contributed by atoms with Crippen LogP contribution in [0, 0.1) is 10.1 Å². The van der Waals surface area contributed by atoms with Gasteiger partial charge < -0.3 is 10.9 Å². The van der Waals surface area contributed by atoms with Crippen LogP contribution >= 0.6 is 11.8 Å². The third kappa shape index (κ3) is 4.72. The summed E-state index contributed by atoms with van der Waals surface area (Å²) in [5.41, 5.74) is 0.950. The number of thioether (sulfide) groups is 1. The first kappa shape index (κ1) is 22.0. The molecule has 0 bridgehead atoms. The quantitative estimate of drug-likeness (QED) is 0.420. The Bertz CT molecular complexity index is 1030. The zero-order valence-electron chi connectivity index (χ0n) is 16.6. The Morgan fingerprint density at radius 3 is 2.62 bits per heavy atom. The van der Waals surface area contributed by atoms with Gasteiger partial charge in [-0.3, -0.25) is 15.3 Å². The molecule has 0 aliphatic carbocycles. The average molecular weight is 439 g/mol. The van der Waals surface area contributed by atoms with E-state index >= 15 is 0 Å². The third-order valence-corrected chi connectivity index (χ3v) is 5.26. The zero-order valence-corrected chi connectivity index (χ0v) is 19.5. The molecule has 29 heavy (non-hydrogen) atoms. The summed E-state index contributed by atoms with van der Waals surface area (Å²) < 4.78 is 10.8. The molecule has 1 atom stereocenters. The number of nitro groups is 1. The predicted molar refractivity (Wildman–Crippen MR) is 105 cm³/mol. The molecular weight excluding hydrogens is 423 g/mol. The second-order valence-corrected chi connectivity index (χ2v) is 6.87. The van der Waals surface area contributed by atoms with Crippen molar-refractivity contribution < 1.29 is 72.4 Å². The van der Waals surface area contributed by atoms with Crippen molar-refractivity contribution in [2.45, 2.75) is 5.37 Å². The Kier molecular flexibility index (Phi) is 7.11. The Hall–Kier alpha value is -1.73. The van der Waals surface area contributed by atoms with Gasteiger partial charge in [-0.15, -0.1) is 0 Å². The van der Waals surface area contributed by atoms with Crippen molar-refractivity contribution in [3.8, 4) is 17.2 Å². The Balaban J connectivity index is 0.00000160. The summed E-state index contributed by atoms with van der Waals surface area (Å²) in [6, 6.07) is 11.4. The third-order valence-electron chi connectivity index (χ3n) is 4.03. The van der Waals surface area contributed by atoms with Gasteiger partial charge >= 0.3 is 57.1 Å². The topological polar surface area (TPSA) is 110 Å². The smallest absolute Gasteiger partial charge is 1.00 e. The van der Waals surface area contributed by atoms with E-state index in [1.807, 2.05) is 0 Å². The summed E-state index contributed by atoms with van der Waals surface area (Å²) in [4.78, 5) is 19.3. The van der Waals surface area contributed by atoms with E-state index in [4.69, 9.17) is 9.47 Å². The Morgan fingerprint density at radius 1 is 1.24 bits per heavy atom. The average Bonchev–Trinajstić information content (AvgIpc) is 3.14. The molecule has 2 aromatic carbocycles. The van der Waals surface area contributed by atoms with Gasteiger partial charge in [-0.05, 0) is 36.4 Å². The molecule has 1 unspecified atom stereocenters. The maximum absolute atomic E-state index is 11.6. The van der Waals surface area contributed by atoms with Crippen LogP contribution in [0.2, 0.25) is 0 Å². The van der Waals surface area contributed by atoms with Crippen LogP contribution in [0.5, 0.6) is 17.2 Å². The Labute approximate surface area is 214 Å². The number of ether oxygens (including phenoxy) is 2. The summed E-state index contributed by atoms with van der Waals surface area (Å²) >= 11 is 1.28. The van der Waals surface area contributed by atoms with Crippen LogP contribution in [0.3, 0.4) is 0 Å². The molecule has 0 fully saturated rings. The normalized spacial score (nSPS) is 17.0. The standard InChI is InChI=1S/C18H14N4O5S.K.H/c1-26-12-3-5-13(6-4-12)27-16-7-2-11(8-15(16)22(24)25)17-20-14-9-19-10-21(23)18(14)28-17;;/h2-10,18,23H,1H3;;/q;+1;-1. The number of rotatable bonds is 5. The van der Waals surface area contributed by atoms with Crippen LogP contribution in [-0.4, -0.2) is 39.1 Å². The van der Waals surface area contributed by atoms with Gasteiger partial charge in [-0.2, -0.15) is 0 Å². The Morgan fingerprint density at radius 2 is 1.97 bits per heavy atom. The molecule has 4 rings (SSSR count). The van der Waals surface area contributed by atoms with E-state index in [1.54, 1.807) is 43.6 Å². The number of fused-ring (bicyclic) bond motifs is 1. The molecule has 2 aliphatic rings. The van der Waals surface area contributed by atoms with Gasteiger partial charge in [0.25, 0.3) is 0 Å². The predicted octanol–water partition coefficient (Wildman–Crippen LogP) is 0.906. The number of methoxy groups -OCH3 is 1. The van der Waals surface area contributed by atoms with Crippen molar-refractivity contribution in [3.05, 3.63) is 70.0 Å². The SMILES string of the molecule is COc1ccc(Oc2ccc(C3=NC4=CN=CN(O)C4S3)cc2[N+](=O)[O-])cc1.[H-].[K+]. The molecule has 0 amide bonds. The maximum Gasteiger partial charge on any atom is 1.00 e. The minimum absolute atomic E-state index is 0. The van der Waals surface area contributed by atoms with Gasteiger partial charge in [0.15, 0.2) is 5.37 Å². The van der Waals surface area contributed by atoms with Gasteiger partial charge in [-0.25, -0.2) is 15.0 Å². The molecule has 1 N–H and O–H groups in total. The number of nitrogens with zero attached hydrogens (tertiary/aromatic N) is 4. The van der Waals surface area contributed by atoms with Crippen molar-refractivity contribution >= 4 is 28.8 Å². The number of benzene rings is 2. The zero-order chi connectivity index (χ0) is 19.7. The molecule has 2 aromatic rings. The second-order valence-electron chi connectivity index (χ2n) is 5.80. The van der Waals surface area contributed by atoms with Gasteiger partial charge in [0, 0.05) is 11.6 Å². The van der Waals surface area contributed by atoms with Gasteiger partial charge in [0.05, 0.1) is 23.9 Å². The molecule has 0 aromatic heterocycles. The van der Waals surface area contributed by atoms with Crippen molar-refractivity contribution in [2.75, 3.05) is 7.11 Å². The van der Waals surface area contributed by atoms with E-state index < -0.39 is 10.3 Å². The number of nitro benzene ring substituents is 1. The molecule has 2 heterocycles. The molecule has 0 saturated heterocycles. The van der Waals surface area contributed by atoms with E-state index in [9.17, 15) is 15.3 Å². The summed E-state index contributed by atoms with van der Waals surface area (Å²) in [7, 11) is 1.55. The van der Waals surface area contributed by atoms with Gasteiger partial charge in [0.1, 0.15) is 22.9 Å². The first-order valence-corrected chi connectivity index (χ1v) is 9.00. The fourth-order valence-electron chi connectivity index (χ4n) is 2.67. The van der Waals surface area contributed by atoms with E-state index in [0.29, 0.717) is 27.8 Å². The van der Waals surface area contributed by atoms with Crippen LogP contribution in [0.25, 0.3) is 0 Å². The van der Waals surface area contributed by atoms with Crippen molar-refractivity contribution in [3.63, 3.8) is 0 Å². The summed E-state index contributed by atoms with van der Waals surface area (Å²) in [5.74, 6) is 1.23. The van der Waals surface area contributed by atoms with Crippen molar-refractivity contribution in [1.82, 2.24) is 5.06 Å². The second kappa shape index (κ2) is 9.39. The van der Waals surface area contributed by atoms with Gasteiger partial charge in [0.2, 0.25) is 5.75 Å². The van der Waals surface area contributed by atoms with E-state index in [-0.39, 0.29) is 64.2 Å². The first-order chi connectivity index (χ1) is 13.5. The van der Waals surface area contributed by atoms with Gasteiger partial charge in [-0.1, -0.05) is 11.8 Å². The molecule has 11 heteroatoms. The molecule has 0 radical (unpaired) electrons. The summed E-state index contributed by atoms with van der Waals surface area (Å²) in [6.45, 7) is 0. The molecule has 144 valence electrons. The van der Waals surface area contributed by atoms with E-state index in [2.05, 4.69) is 9.98 Å². The monoisotopic (exact) mass is 438 g/mol. The number of hydrogen-bond acceptors (Lipinski definition) is 9. The molecule has 2 aliphatic heterocycles. The molecule has 0 spiro atoms. The van der Waals surface area contributed by atoms with Crippen LogP contribution in [0.4, 0.5) is 5.69 Å². The number of hydroxylamine groups is 2. The largest absolute Gasteiger partial charge is 1.00 e. The summed E-state index contributed by atoms with van der Waals surface area (Å²) in [6.07, 6.45) is 2.83.